The highest BCUT2D eigenvalue weighted by atomic mass is 19.1. The van der Waals surface area contributed by atoms with Crippen LogP contribution in [0.1, 0.15) is 5.56 Å². The first-order chi connectivity index (χ1) is 7.15. The molecule has 0 aliphatic carbocycles. The molecular weight excluding hydrogens is 194 g/mol. The topological polar surface area (TPSA) is 0 Å². The molecule has 0 radical (unpaired) electrons. The molecule has 2 rings (SSSR count). The minimum atomic E-state index is -0.550. The third-order valence-corrected chi connectivity index (χ3v) is 2.21. The quantitative estimate of drug-likeness (QED) is 0.660. The average molecular weight is 204 g/mol. The maximum absolute atomic E-state index is 13.0. The molecule has 0 unspecified atom stereocenters. The summed E-state index contributed by atoms with van der Waals surface area (Å²) in [5.74, 6) is -1.10. The number of halogens is 2. The van der Waals surface area contributed by atoms with Crippen molar-refractivity contribution in [2.45, 2.75) is 6.92 Å². The third kappa shape index (κ3) is 2.21. The van der Waals surface area contributed by atoms with Crippen LogP contribution in [0.3, 0.4) is 0 Å². The number of hydrogen-bond acceptors (Lipinski definition) is 0. The van der Waals surface area contributed by atoms with Crippen molar-refractivity contribution < 1.29 is 8.78 Å². The standard InChI is InChI=1S/C13H10F2/c1-9-3-2-4-10(5-9)11-6-12(14)8-13(15)7-11/h2-8H,1H3. The van der Waals surface area contributed by atoms with E-state index in [0.29, 0.717) is 5.56 Å². The molecule has 2 aromatic rings. The zero-order valence-electron chi connectivity index (χ0n) is 8.30. The summed E-state index contributed by atoms with van der Waals surface area (Å²) in [5, 5.41) is 0. The van der Waals surface area contributed by atoms with Gasteiger partial charge in [-0.25, -0.2) is 8.78 Å². The zero-order valence-corrected chi connectivity index (χ0v) is 8.30. The summed E-state index contributed by atoms with van der Waals surface area (Å²) in [7, 11) is 0. The Balaban J connectivity index is 2.54. The molecule has 15 heavy (non-hydrogen) atoms. The van der Waals surface area contributed by atoms with Crippen molar-refractivity contribution >= 4 is 0 Å². The molecule has 2 heteroatoms. The lowest BCUT2D eigenvalue weighted by Gasteiger charge is -2.03. The Bertz CT molecular complexity index is 469. The SMILES string of the molecule is Cc1cccc(-c2cc(F)cc(F)c2)c1. The highest BCUT2D eigenvalue weighted by Gasteiger charge is 2.02. The summed E-state index contributed by atoms with van der Waals surface area (Å²) in [4.78, 5) is 0. The van der Waals surface area contributed by atoms with E-state index in [9.17, 15) is 8.78 Å². The monoisotopic (exact) mass is 204 g/mol. The van der Waals surface area contributed by atoms with E-state index in [0.717, 1.165) is 17.2 Å². The first-order valence-corrected chi connectivity index (χ1v) is 4.68. The fourth-order valence-electron chi connectivity index (χ4n) is 1.55. The van der Waals surface area contributed by atoms with E-state index >= 15 is 0 Å². The highest BCUT2D eigenvalue weighted by molar-refractivity contribution is 5.64. The van der Waals surface area contributed by atoms with E-state index in [1.807, 2.05) is 31.2 Å². The summed E-state index contributed by atoms with van der Waals surface area (Å²) in [6.45, 7) is 1.94. The van der Waals surface area contributed by atoms with Gasteiger partial charge in [-0.2, -0.15) is 0 Å². The predicted octanol–water partition coefficient (Wildman–Crippen LogP) is 3.94. The maximum Gasteiger partial charge on any atom is 0.126 e. The van der Waals surface area contributed by atoms with Crippen LogP contribution < -0.4 is 0 Å². The second-order valence-corrected chi connectivity index (χ2v) is 3.53. The molecule has 0 fully saturated rings. The minimum absolute atomic E-state index is 0.550. The van der Waals surface area contributed by atoms with Crippen LogP contribution in [-0.2, 0) is 0 Å². The molecule has 0 N–H and O–H groups in total. The van der Waals surface area contributed by atoms with Crippen molar-refractivity contribution in [2.75, 3.05) is 0 Å². The predicted molar refractivity (Wildman–Crippen MR) is 56.5 cm³/mol. The maximum atomic E-state index is 13.0. The molecule has 0 spiro atoms. The first kappa shape index (κ1) is 9.84. The van der Waals surface area contributed by atoms with Crippen molar-refractivity contribution in [3.8, 4) is 11.1 Å². The Morgan fingerprint density at radius 3 is 2.07 bits per heavy atom. The molecule has 0 aliphatic rings. The summed E-state index contributed by atoms with van der Waals surface area (Å²) in [6.07, 6.45) is 0. The lowest BCUT2D eigenvalue weighted by atomic mass is 10.0. The highest BCUT2D eigenvalue weighted by Crippen LogP contribution is 2.22. The second-order valence-electron chi connectivity index (χ2n) is 3.53. The van der Waals surface area contributed by atoms with Gasteiger partial charge >= 0.3 is 0 Å². The fraction of sp³-hybridized carbons (Fsp3) is 0.0769. The van der Waals surface area contributed by atoms with E-state index in [2.05, 4.69) is 0 Å². The molecule has 2 aromatic carbocycles. The van der Waals surface area contributed by atoms with E-state index < -0.39 is 11.6 Å². The van der Waals surface area contributed by atoms with Crippen LogP contribution in [-0.4, -0.2) is 0 Å². The Morgan fingerprint density at radius 2 is 1.47 bits per heavy atom. The fourth-order valence-corrected chi connectivity index (χ4v) is 1.55. The van der Waals surface area contributed by atoms with E-state index in [-0.39, 0.29) is 0 Å². The molecule has 0 amide bonds. The average Bonchev–Trinajstić information content (AvgIpc) is 2.16. The van der Waals surface area contributed by atoms with Crippen LogP contribution in [0.2, 0.25) is 0 Å². The van der Waals surface area contributed by atoms with Crippen LogP contribution in [0.5, 0.6) is 0 Å². The normalized spacial score (nSPS) is 10.3. The van der Waals surface area contributed by atoms with E-state index in [1.54, 1.807) is 0 Å². The first-order valence-electron chi connectivity index (χ1n) is 4.68. The smallest absolute Gasteiger partial charge is 0.126 e. The Kier molecular flexibility index (Phi) is 2.50. The van der Waals surface area contributed by atoms with Gasteiger partial charge in [-0.1, -0.05) is 29.8 Å². The van der Waals surface area contributed by atoms with Crippen LogP contribution in [0.25, 0.3) is 11.1 Å². The molecule has 0 aliphatic heterocycles. The van der Waals surface area contributed by atoms with Crippen molar-refractivity contribution in [1.29, 1.82) is 0 Å². The molecule has 0 aromatic heterocycles. The minimum Gasteiger partial charge on any atom is -0.207 e. The molecule has 0 heterocycles. The van der Waals surface area contributed by atoms with Crippen LogP contribution in [0, 0.1) is 18.6 Å². The molecule has 0 bridgehead atoms. The third-order valence-electron chi connectivity index (χ3n) is 2.21. The molecule has 0 atom stereocenters. The van der Waals surface area contributed by atoms with Crippen molar-refractivity contribution in [3.05, 3.63) is 59.7 Å². The summed E-state index contributed by atoms with van der Waals surface area (Å²) in [6, 6.07) is 11.1. The molecular formula is C13H10F2. The van der Waals surface area contributed by atoms with Crippen molar-refractivity contribution in [2.24, 2.45) is 0 Å². The van der Waals surface area contributed by atoms with Crippen LogP contribution >= 0.6 is 0 Å². The number of hydrogen-bond donors (Lipinski definition) is 0. The molecule has 0 saturated heterocycles. The summed E-state index contributed by atoms with van der Waals surface area (Å²) in [5.41, 5.74) is 2.46. The van der Waals surface area contributed by atoms with Gasteiger partial charge in [0, 0.05) is 6.07 Å². The number of benzene rings is 2. The lowest BCUT2D eigenvalue weighted by Crippen LogP contribution is -1.84. The van der Waals surface area contributed by atoms with Crippen molar-refractivity contribution in [3.63, 3.8) is 0 Å². The van der Waals surface area contributed by atoms with Gasteiger partial charge in [0.15, 0.2) is 0 Å². The summed E-state index contributed by atoms with van der Waals surface area (Å²) < 4.78 is 25.9. The summed E-state index contributed by atoms with van der Waals surface area (Å²) >= 11 is 0. The van der Waals surface area contributed by atoms with Gasteiger partial charge in [-0.05, 0) is 30.2 Å². The largest absolute Gasteiger partial charge is 0.207 e. The van der Waals surface area contributed by atoms with Crippen LogP contribution in [0.4, 0.5) is 8.78 Å². The van der Waals surface area contributed by atoms with E-state index in [1.165, 1.54) is 12.1 Å². The van der Waals surface area contributed by atoms with Gasteiger partial charge in [0.05, 0.1) is 0 Å². The number of rotatable bonds is 1. The van der Waals surface area contributed by atoms with Gasteiger partial charge in [0.1, 0.15) is 11.6 Å². The van der Waals surface area contributed by atoms with Gasteiger partial charge in [0.2, 0.25) is 0 Å². The van der Waals surface area contributed by atoms with Gasteiger partial charge < -0.3 is 0 Å². The van der Waals surface area contributed by atoms with E-state index in [4.69, 9.17) is 0 Å². The molecule has 0 nitrogen and oxygen atoms in total. The van der Waals surface area contributed by atoms with Gasteiger partial charge in [0.25, 0.3) is 0 Å². The van der Waals surface area contributed by atoms with Crippen LogP contribution in [0.15, 0.2) is 42.5 Å². The van der Waals surface area contributed by atoms with Crippen molar-refractivity contribution in [1.82, 2.24) is 0 Å². The second kappa shape index (κ2) is 3.81. The molecule has 0 saturated carbocycles. The Morgan fingerprint density at radius 1 is 0.800 bits per heavy atom. The Hall–Kier alpha value is -1.70. The van der Waals surface area contributed by atoms with Gasteiger partial charge in [-0.3, -0.25) is 0 Å². The number of aryl methyl sites for hydroxylation is 1. The molecule has 76 valence electrons. The Labute approximate surface area is 87.2 Å². The lowest BCUT2D eigenvalue weighted by molar-refractivity contribution is 0.584. The zero-order chi connectivity index (χ0) is 10.8. The van der Waals surface area contributed by atoms with Gasteiger partial charge in [-0.15, -0.1) is 0 Å².